The molecule has 1 saturated heterocycles. The van der Waals surface area contributed by atoms with Crippen LogP contribution in [0.3, 0.4) is 0 Å². The van der Waals surface area contributed by atoms with Crippen molar-refractivity contribution in [1.82, 2.24) is 4.90 Å². The molecule has 1 aliphatic heterocycles. The molecule has 1 aromatic carbocycles. The zero-order chi connectivity index (χ0) is 14.4. The first-order valence-electron chi connectivity index (χ1n) is 6.38. The summed E-state index contributed by atoms with van der Waals surface area (Å²) in [4.78, 5) is 24.0. The van der Waals surface area contributed by atoms with Gasteiger partial charge in [-0.3, -0.25) is 15.0 Å². The molecule has 0 bridgehead atoms. The Morgan fingerprint density at radius 3 is 2.85 bits per heavy atom. The fourth-order valence-electron chi connectivity index (χ4n) is 1.92. The summed E-state index contributed by atoms with van der Waals surface area (Å²) in [6.07, 6.45) is 0. The first-order valence-corrected chi connectivity index (χ1v) is 6.38. The summed E-state index contributed by atoms with van der Waals surface area (Å²) in [5, 5.41) is 10.6. The minimum atomic E-state index is -0.540. The Morgan fingerprint density at radius 2 is 2.15 bits per heavy atom. The van der Waals surface area contributed by atoms with Crippen LogP contribution < -0.4 is 0 Å². The lowest BCUT2D eigenvalue weighted by atomic mass is 10.2. The maximum absolute atomic E-state index is 11.8. The highest BCUT2D eigenvalue weighted by Gasteiger charge is 2.14. The molecule has 0 unspecified atom stereocenters. The fraction of sp³-hybridized carbons (Fsp3) is 0.462. The standard InChI is InChI=1S/C13H16N2O5/c16-13(11-2-1-3-12(10-11)15(17)18)20-9-6-14-4-7-19-8-5-14/h1-3,10H,4-9H2. The second-order valence-corrected chi connectivity index (χ2v) is 4.40. The molecule has 1 aromatic rings. The number of benzene rings is 1. The van der Waals surface area contributed by atoms with Crippen LogP contribution in [-0.2, 0) is 9.47 Å². The molecule has 0 aliphatic carbocycles. The highest BCUT2D eigenvalue weighted by Crippen LogP contribution is 2.13. The van der Waals surface area contributed by atoms with Crippen molar-refractivity contribution < 1.29 is 19.2 Å². The molecule has 0 N–H and O–H groups in total. The van der Waals surface area contributed by atoms with Gasteiger partial charge in [0.1, 0.15) is 6.61 Å². The van der Waals surface area contributed by atoms with E-state index in [-0.39, 0.29) is 17.9 Å². The number of nitrogens with zero attached hydrogens (tertiary/aromatic N) is 2. The van der Waals surface area contributed by atoms with Gasteiger partial charge in [0.25, 0.3) is 5.69 Å². The summed E-state index contributed by atoms with van der Waals surface area (Å²) in [6.45, 7) is 3.95. The van der Waals surface area contributed by atoms with Crippen molar-refractivity contribution in [3.63, 3.8) is 0 Å². The Morgan fingerprint density at radius 1 is 1.40 bits per heavy atom. The summed E-state index contributed by atoms with van der Waals surface area (Å²) in [5.41, 5.74) is 0.0776. The van der Waals surface area contributed by atoms with Crippen LogP contribution in [0.2, 0.25) is 0 Å². The monoisotopic (exact) mass is 280 g/mol. The van der Waals surface area contributed by atoms with Crippen LogP contribution in [0.15, 0.2) is 24.3 Å². The number of carbonyl (C=O) groups excluding carboxylic acids is 1. The maximum atomic E-state index is 11.8. The van der Waals surface area contributed by atoms with Crippen molar-refractivity contribution in [3.8, 4) is 0 Å². The molecular weight excluding hydrogens is 264 g/mol. The number of ether oxygens (including phenoxy) is 2. The number of hydrogen-bond acceptors (Lipinski definition) is 6. The first-order chi connectivity index (χ1) is 9.66. The first kappa shape index (κ1) is 14.4. The third-order valence-electron chi connectivity index (χ3n) is 3.04. The molecule has 0 spiro atoms. The predicted octanol–water partition coefficient (Wildman–Crippen LogP) is 1.08. The van der Waals surface area contributed by atoms with E-state index in [1.807, 2.05) is 0 Å². The quantitative estimate of drug-likeness (QED) is 0.456. The summed E-state index contributed by atoms with van der Waals surface area (Å²) in [7, 11) is 0. The van der Waals surface area contributed by atoms with Crippen LogP contribution in [0.25, 0.3) is 0 Å². The van der Waals surface area contributed by atoms with E-state index in [9.17, 15) is 14.9 Å². The topological polar surface area (TPSA) is 81.9 Å². The third kappa shape index (κ3) is 4.01. The van der Waals surface area contributed by atoms with Crippen molar-refractivity contribution in [2.75, 3.05) is 39.5 Å². The third-order valence-corrected chi connectivity index (χ3v) is 3.04. The molecule has 0 atom stereocenters. The second-order valence-electron chi connectivity index (χ2n) is 4.40. The molecule has 1 fully saturated rings. The molecular formula is C13H16N2O5. The van der Waals surface area contributed by atoms with Gasteiger partial charge in [-0.1, -0.05) is 6.07 Å². The number of nitro benzene ring substituents is 1. The van der Waals surface area contributed by atoms with Crippen molar-refractivity contribution in [2.45, 2.75) is 0 Å². The van der Waals surface area contributed by atoms with Crippen LogP contribution in [-0.4, -0.2) is 55.2 Å². The molecule has 0 amide bonds. The van der Waals surface area contributed by atoms with E-state index in [2.05, 4.69) is 4.90 Å². The molecule has 20 heavy (non-hydrogen) atoms. The van der Waals surface area contributed by atoms with Crippen LogP contribution in [0, 0.1) is 10.1 Å². The number of non-ortho nitro benzene ring substituents is 1. The molecule has 108 valence electrons. The van der Waals surface area contributed by atoms with Crippen molar-refractivity contribution in [3.05, 3.63) is 39.9 Å². The van der Waals surface area contributed by atoms with Gasteiger partial charge in [-0.05, 0) is 6.07 Å². The van der Waals surface area contributed by atoms with E-state index in [4.69, 9.17) is 9.47 Å². The lowest BCUT2D eigenvalue weighted by Crippen LogP contribution is -2.38. The van der Waals surface area contributed by atoms with Crippen molar-refractivity contribution in [2.24, 2.45) is 0 Å². The zero-order valence-electron chi connectivity index (χ0n) is 11.0. The minimum Gasteiger partial charge on any atom is -0.461 e. The van der Waals surface area contributed by atoms with E-state index >= 15 is 0 Å². The number of nitro groups is 1. The highest BCUT2D eigenvalue weighted by atomic mass is 16.6. The number of hydrogen-bond donors (Lipinski definition) is 0. The summed E-state index contributed by atoms with van der Waals surface area (Å²) >= 11 is 0. The van der Waals surface area contributed by atoms with Gasteiger partial charge < -0.3 is 9.47 Å². The lowest BCUT2D eigenvalue weighted by Gasteiger charge is -2.26. The highest BCUT2D eigenvalue weighted by molar-refractivity contribution is 5.90. The minimum absolute atomic E-state index is 0.118. The average molecular weight is 280 g/mol. The molecule has 0 radical (unpaired) electrons. The molecule has 0 saturated carbocycles. The van der Waals surface area contributed by atoms with Gasteiger partial charge in [-0.15, -0.1) is 0 Å². The predicted molar refractivity (Wildman–Crippen MR) is 70.6 cm³/mol. The second kappa shape index (κ2) is 6.97. The molecule has 0 aromatic heterocycles. The summed E-state index contributed by atoms with van der Waals surface area (Å²) < 4.78 is 10.3. The van der Waals surface area contributed by atoms with Crippen LogP contribution in [0.4, 0.5) is 5.69 Å². The van der Waals surface area contributed by atoms with Gasteiger partial charge in [0.2, 0.25) is 0 Å². The van der Waals surface area contributed by atoms with E-state index in [0.29, 0.717) is 19.8 Å². The van der Waals surface area contributed by atoms with Gasteiger partial charge in [-0.25, -0.2) is 4.79 Å². The average Bonchev–Trinajstić information content (AvgIpc) is 2.48. The molecule has 1 heterocycles. The smallest absolute Gasteiger partial charge is 0.338 e. The van der Waals surface area contributed by atoms with Crippen molar-refractivity contribution in [1.29, 1.82) is 0 Å². The fourth-order valence-corrected chi connectivity index (χ4v) is 1.92. The van der Waals surface area contributed by atoms with Gasteiger partial charge in [0, 0.05) is 31.8 Å². The van der Waals surface area contributed by atoms with Gasteiger partial charge >= 0.3 is 5.97 Å². The number of carbonyl (C=O) groups is 1. The number of morpholine rings is 1. The number of esters is 1. The molecule has 7 heteroatoms. The zero-order valence-corrected chi connectivity index (χ0v) is 11.0. The van der Waals surface area contributed by atoms with Gasteiger partial charge in [-0.2, -0.15) is 0 Å². The van der Waals surface area contributed by atoms with Crippen LogP contribution in [0.1, 0.15) is 10.4 Å². The molecule has 2 rings (SSSR count). The SMILES string of the molecule is O=C(OCCN1CCOCC1)c1cccc([N+](=O)[O-])c1. The number of rotatable bonds is 5. The molecule has 1 aliphatic rings. The van der Waals surface area contributed by atoms with E-state index in [1.54, 1.807) is 0 Å². The van der Waals surface area contributed by atoms with Gasteiger partial charge in [0.05, 0.1) is 23.7 Å². The normalized spacial score (nSPS) is 15.8. The Bertz CT molecular complexity index is 485. The Hall–Kier alpha value is -1.99. The van der Waals surface area contributed by atoms with Gasteiger partial charge in [0.15, 0.2) is 0 Å². The Labute approximate surface area is 116 Å². The van der Waals surface area contributed by atoms with Crippen LogP contribution >= 0.6 is 0 Å². The lowest BCUT2D eigenvalue weighted by molar-refractivity contribution is -0.384. The summed E-state index contributed by atoms with van der Waals surface area (Å²) in [6, 6.07) is 5.53. The largest absolute Gasteiger partial charge is 0.461 e. The Balaban J connectivity index is 1.82. The van der Waals surface area contributed by atoms with Crippen molar-refractivity contribution >= 4 is 11.7 Å². The van der Waals surface area contributed by atoms with E-state index in [1.165, 1.54) is 24.3 Å². The van der Waals surface area contributed by atoms with E-state index < -0.39 is 10.9 Å². The summed E-state index contributed by atoms with van der Waals surface area (Å²) in [5.74, 6) is -0.540. The molecule has 7 nitrogen and oxygen atoms in total. The maximum Gasteiger partial charge on any atom is 0.338 e. The van der Waals surface area contributed by atoms with E-state index in [0.717, 1.165) is 13.1 Å². The Kier molecular flexibility index (Phi) is 5.03. The van der Waals surface area contributed by atoms with Crippen LogP contribution in [0.5, 0.6) is 0 Å².